The number of halogens is 2. The summed E-state index contributed by atoms with van der Waals surface area (Å²) in [7, 11) is 1.41. The van der Waals surface area contributed by atoms with E-state index < -0.39 is 9.05 Å². The zero-order valence-corrected chi connectivity index (χ0v) is 10.4. The van der Waals surface area contributed by atoms with Crippen molar-refractivity contribution in [2.24, 2.45) is 0 Å². The largest absolute Gasteiger partial charge is 0.489 e. The molecule has 0 aliphatic carbocycles. The molecule has 0 aromatic heterocycles. The van der Waals surface area contributed by atoms with Crippen LogP contribution in [0.5, 0.6) is 11.5 Å². The summed E-state index contributed by atoms with van der Waals surface area (Å²) < 4.78 is 33.0. The van der Waals surface area contributed by atoms with Gasteiger partial charge in [-0.1, -0.05) is 11.6 Å². The van der Waals surface area contributed by atoms with Gasteiger partial charge in [-0.15, -0.1) is 0 Å². The maximum absolute atomic E-state index is 11.2. The molecule has 0 N–H and O–H groups in total. The van der Waals surface area contributed by atoms with Crippen LogP contribution >= 0.6 is 22.3 Å². The molecule has 0 radical (unpaired) electrons. The summed E-state index contributed by atoms with van der Waals surface area (Å²) in [5.41, 5.74) is 0. The van der Waals surface area contributed by atoms with Gasteiger partial charge in [0.2, 0.25) is 0 Å². The van der Waals surface area contributed by atoms with Gasteiger partial charge in [0.25, 0.3) is 9.05 Å². The molecule has 4 nitrogen and oxygen atoms in total. The highest BCUT2D eigenvalue weighted by atomic mass is 35.7. The molecular weight excluding hydrogens is 275 g/mol. The van der Waals surface area contributed by atoms with Gasteiger partial charge in [-0.2, -0.15) is 0 Å². The molecule has 0 atom stereocenters. The Labute approximate surface area is 102 Å². The quantitative estimate of drug-likeness (QED) is 0.743. The maximum Gasteiger partial charge on any atom is 0.261 e. The first-order valence-corrected chi connectivity index (χ1v) is 7.21. The Balaban J connectivity index is 2.56. The van der Waals surface area contributed by atoms with Crippen LogP contribution < -0.4 is 9.47 Å². The van der Waals surface area contributed by atoms with Crippen LogP contribution in [0.3, 0.4) is 0 Å². The van der Waals surface area contributed by atoms with E-state index in [1.54, 1.807) is 0 Å². The van der Waals surface area contributed by atoms with Crippen molar-refractivity contribution < 1.29 is 17.9 Å². The summed E-state index contributed by atoms with van der Waals surface area (Å²) in [6.45, 7) is 0.939. The van der Waals surface area contributed by atoms with E-state index in [4.69, 9.17) is 31.8 Å². The van der Waals surface area contributed by atoms with Crippen molar-refractivity contribution in [1.82, 2.24) is 0 Å². The highest BCUT2D eigenvalue weighted by Gasteiger charge is 2.20. The molecule has 0 bridgehead atoms. The van der Waals surface area contributed by atoms with Gasteiger partial charge in [-0.3, -0.25) is 0 Å². The van der Waals surface area contributed by atoms with E-state index >= 15 is 0 Å². The van der Waals surface area contributed by atoms with E-state index in [1.807, 2.05) is 0 Å². The molecule has 0 unspecified atom stereocenters. The lowest BCUT2D eigenvalue weighted by atomic mass is 10.3. The van der Waals surface area contributed by atoms with E-state index in [0.717, 1.165) is 0 Å². The predicted octanol–water partition coefficient (Wildman–Crippen LogP) is 2.43. The van der Waals surface area contributed by atoms with Crippen LogP contribution in [-0.2, 0) is 9.05 Å². The molecule has 2 rings (SSSR count). The molecule has 1 aliphatic rings. The van der Waals surface area contributed by atoms with Crippen molar-refractivity contribution >= 4 is 31.3 Å². The van der Waals surface area contributed by atoms with Gasteiger partial charge < -0.3 is 9.47 Å². The molecule has 0 amide bonds. The molecular formula is C9H8Cl2O4S. The van der Waals surface area contributed by atoms with Crippen LogP contribution in [-0.4, -0.2) is 21.6 Å². The smallest absolute Gasteiger partial charge is 0.261 e. The lowest BCUT2D eigenvalue weighted by Gasteiger charge is -2.09. The molecule has 7 heteroatoms. The Morgan fingerprint density at radius 2 is 1.88 bits per heavy atom. The van der Waals surface area contributed by atoms with E-state index in [9.17, 15) is 8.42 Å². The van der Waals surface area contributed by atoms with Crippen LogP contribution in [0.1, 0.15) is 6.42 Å². The van der Waals surface area contributed by atoms with Gasteiger partial charge in [0.15, 0.2) is 11.5 Å². The van der Waals surface area contributed by atoms with Gasteiger partial charge in [0.1, 0.15) is 0 Å². The van der Waals surface area contributed by atoms with E-state index in [2.05, 4.69) is 0 Å². The Morgan fingerprint density at radius 1 is 1.19 bits per heavy atom. The minimum absolute atomic E-state index is 0.0941. The number of benzene rings is 1. The lowest BCUT2D eigenvalue weighted by molar-refractivity contribution is 0.297. The summed E-state index contributed by atoms with van der Waals surface area (Å²) >= 11 is 5.90. The predicted molar refractivity (Wildman–Crippen MR) is 60.1 cm³/mol. The number of hydrogen-bond donors (Lipinski definition) is 0. The summed E-state index contributed by atoms with van der Waals surface area (Å²) in [4.78, 5) is -0.0941. The summed E-state index contributed by atoms with van der Waals surface area (Å²) in [6.07, 6.45) is 0.716. The third-order valence-electron chi connectivity index (χ3n) is 2.06. The van der Waals surface area contributed by atoms with E-state index in [0.29, 0.717) is 31.1 Å². The Hall–Kier alpha value is -0.650. The fraction of sp³-hybridized carbons (Fsp3) is 0.333. The average molecular weight is 283 g/mol. The van der Waals surface area contributed by atoms with Crippen molar-refractivity contribution in [3.63, 3.8) is 0 Å². The second-order valence-electron chi connectivity index (χ2n) is 3.22. The molecule has 0 saturated carbocycles. The van der Waals surface area contributed by atoms with E-state index in [1.165, 1.54) is 12.1 Å². The van der Waals surface area contributed by atoms with Crippen molar-refractivity contribution in [3.05, 3.63) is 17.2 Å². The summed E-state index contributed by atoms with van der Waals surface area (Å²) in [5, 5.41) is 0.179. The highest BCUT2D eigenvalue weighted by molar-refractivity contribution is 8.13. The highest BCUT2D eigenvalue weighted by Crippen LogP contribution is 2.39. The zero-order valence-electron chi connectivity index (χ0n) is 8.07. The Bertz CT molecular complexity index is 512. The Morgan fingerprint density at radius 3 is 2.56 bits per heavy atom. The lowest BCUT2D eigenvalue weighted by Crippen LogP contribution is -1.97. The zero-order chi connectivity index (χ0) is 11.8. The van der Waals surface area contributed by atoms with Gasteiger partial charge in [-0.25, -0.2) is 8.42 Å². The molecule has 1 heterocycles. The van der Waals surface area contributed by atoms with Crippen molar-refractivity contribution in [2.75, 3.05) is 13.2 Å². The molecule has 0 fully saturated rings. The summed E-state index contributed by atoms with van der Waals surface area (Å²) in [6, 6.07) is 2.56. The van der Waals surface area contributed by atoms with Crippen LogP contribution in [0.2, 0.25) is 5.02 Å². The first-order valence-electron chi connectivity index (χ1n) is 4.52. The van der Waals surface area contributed by atoms with Crippen LogP contribution in [0, 0.1) is 0 Å². The van der Waals surface area contributed by atoms with E-state index in [-0.39, 0.29) is 9.92 Å². The monoisotopic (exact) mass is 282 g/mol. The van der Waals surface area contributed by atoms with Gasteiger partial charge in [0.05, 0.1) is 23.1 Å². The minimum atomic E-state index is -3.82. The van der Waals surface area contributed by atoms with Crippen molar-refractivity contribution in [2.45, 2.75) is 11.3 Å². The van der Waals surface area contributed by atoms with Gasteiger partial charge in [-0.05, 0) is 6.07 Å². The third kappa shape index (κ3) is 2.36. The molecule has 16 heavy (non-hydrogen) atoms. The number of ether oxygens (including phenoxy) is 2. The average Bonchev–Trinajstić information content (AvgIpc) is 2.41. The number of fused-ring (bicyclic) bond motifs is 1. The standard InChI is InChI=1S/C9H8Cl2O4S/c10-7-4-6(16(11,12)13)5-8-9(7)15-3-1-2-14-8/h4-5H,1-3H2. The SMILES string of the molecule is O=S(=O)(Cl)c1cc(Cl)c2c(c1)OCCCO2. The fourth-order valence-electron chi connectivity index (χ4n) is 1.35. The third-order valence-corrected chi connectivity index (χ3v) is 3.67. The number of rotatable bonds is 1. The molecule has 1 aromatic rings. The molecule has 1 aliphatic heterocycles. The molecule has 1 aromatic carbocycles. The van der Waals surface area contributed by atoms with Crippen molar-refractivity contribution in [1.29, 1.82) is 0 Å². The summed E-state index contributed by atoms with van der Waals surface area (Å²) in [5.74, 6) is 0.674. The molecule has 0 saturated heterocycles. The second kappa shape index (κ2) is 4.31. The first-order chi connectivity index (χ1) is 7.48. The maximum atomic E-state index is 11.2. The van der Waals surface area contributed by atoms with Crippen LogP contribution in [0.15, 0.2) is 17.0 Å². The molecule has 88 valence electrons. The first kappa shape index (κ1) is 11.8. The van der Waals surface area contributed by atoms with Gasteiger partial charge in [0, 0.05) is 23.2 Å². The normalized spacial score (nSPS) is 15.6. The fourth-order valence-corrected chi connectivity index (χ4v) is 2.45. The Kier molecular flexibility index (Phi) is 3.19. The number of hydrogen-bond acceptors (Lipinski definition) is 4. The van der Waals surface area contributed by atoms with Crippen LogP contribution in [0.25, 0.3) is 0 Å². The second-order valence-corrected chi connectivity index (χ2v) is 6.19. The molecule has 0 spiro atoms. The van der Waals surface area contributed by atoms with Crippen LogP contribution in [0.4, 0.5) is 0 Å². The minimum Gasteiger partial charge on any atom is -0.489 e. The van der Waals surface area contributed by atoms with Gasteiger partial charge >= 0.3 is 0 Å². The topological polar surface area (TPSA) is 52.6 Å². The van der Waals surface area contributed by atoms with Crippen molar-refractivity contribution in [3.8, 4) is 11.5 Å².